The minimum Gasteiger partial charge on any atom is -0.389 e. The largest absolute Gasteiger partial charge is 0.389 e. The first kappa shape index (κ1) is 10.4. The topological polar surface area (TPSA) is 55.5 Å². The van der Waals surface area contributed by atoms with Crippen LogP contribution in [0.3, 0.4) is 0 Å². The number of hydrogen-bond donors (Lipinski definition) is 2. The molecule has 2 rings (SSSR count). The molecular weight excluding hydrogens is 178 g/mol. The minimum absolute atomic E-state index is 0.130. The highest BCUT2D eigenvalue weighted by Crippen LogP contribution is 2.53. The fourth-order valence-electron chi connectivity index (χ4n) is 3.32. The van der Waals surface area contributed by atoms with Crippen molar-refractivity contribution in [1.82, 2.24) is 0 Å². The monoisotopic (exact) mass is 199 g/mol. The maximum Gasteiger partial charge on any atom is 0.0717 e. The summed E-state index contributed by atoms with van der Waals surface area (Å²) in [6.45, 7) is 2.22. The van der Waals surface area contributed by atoms with E-state index in [-0.39, 0.29) is 5.41 Å². The molecule has 0 bridgehead atoms. The number of aliphatic hydroxyl groups is 1. The molecule has 2 aliphatic rings. The van der Waals surface area contributed by atoms with Gasteiger partial charge in [0, 0.05) is 18.6 Å². The molecule has 2 fully saturated rings. The van der Waals surface area contributed by atoms with E-state index in [9.17, 15) is 5.11 Å². The third-order valence-electron chi connectivity index (χ3n) is 4.24. The van der Waals surface area contributed by atoms with Crippen LogP contribution >= 0.6 is 0 Å². The predicted molar refractivity (Wildman–Crippen MR) is 55.0 cm³/mol. The molecule has 1 saturated carbocycles. The Hall–Kier alpha value is -0.120. The van der Waals surface area contributed by atoms with E-state index in [1.807, 2.05) is 0 Å². The first-order chi connectivity index (χ1) is 6.72. The van der Waals surface area contributed by atoms with Gasteiger partial charge in [-0.25, -0.2) is 0 Å². The normalized spacial score (nSPS) is 36.4. The van der Waals surface area contributed by atoms with Crippen LogP contribution in [0, 0.1) is 5.41 Å². The third kappa shape index (κ3) is 1.47. The summed E-state index contributed by atoms with van der Waals surface area (Å²) in [6.07, 6.45) is 6.04. The molecule has 0 amide bonds. The van der Waals surface area contributed by atoms with E-state index in [1.54, 1.807) is 0 Å². The van der Waals surface area contributed by atoms with Crippen molar-refractivity contribution in [3.05, 3.63) is 0 Å². The van der Waals surface area contributed by atoms with E-state index in [4.69, 9.17) is 10.5 Å². The van der Waals surface area contributed by atoms with Crippen molar-refractivity contribution in [3.63, 3.8) is 0 Å². The Morgan fingerprint density at radius 2 is 1.86 bits per heavy atom. The predicted octanol–water partition coefficient (Wildman–Crippen LogP) is 1.05. The van der Waals surface area contributed by atoms with E-state index < -0.39 is 5.60 Å². The van der Waals surface area contributed by atoms with Crippen LogP contribution in [0.4, 0.5) is 0 Å². The summed E-state index contributed by atoms with van der Waals surface area (Å²) in [5, 5.41) is 10.6. The molecule has 1 saturated heterocycles. The number of rotatable bonds is 2. The van der Waals surface area contributed by atoms with Crippen LogP contribution in [0.5, 0.6) is 0 Å². The van der Waals surface area contributed by atoms with Gasteiger partial charge in [-0.2, -0.15) is 0 Å². The van der Waals surface area contributed by atoms with E-state index in [0.717, 1.165) is 51.7 Å². The molecule has 0 aromatic carbocycles. The molecular formula is C11H21NO2. The highest BCUT2D eigenvalue weighted by Gasteiger charge is 2.53. The molecule has 0 aromatic rings. The van der Waals surface area contributed by atoms with Crippen LogP contribution < -0.4 is 5.73 Å². The summed E-state index contributed by atoms with van der Waals surface area (Å²) in [5.74, 6) is 0. The SMILES string of the molecule is NCCC1(O)CCCC12CCOCC2. The summed E-state index contributed by atoms with van der Waals surface area (Å²) < 4.78 is 5.39. The van der Waals surface area contributed by atoms with E-state index in [1.165, 1.54) is 0 Å². The highest BCUT2D eigenvalue weighted by atomic mass is 16.5. The summed E-state index contributed by atoms with van der Waals surface area (Å²) in [6, 6.07) is 0. The van der Waals surface area contributed by atoms with Crippen LogP contribution in [0.15, 0.2) is 0 Å². The molecule has 1 heterocycles. The van der Waals surface area contributed by atoms with Gasteiger partial charge in [-0.05, 0) is 45.1 Å². The van der Waals surface area contributed by atoms with Gasteiger partial charge in [-0.3, -0.25) is 0 Å². The minimum atomic E-state index is -0.495. The highest BCUT2D eigenvalue weighted by molar-refractivity contribution is 5.04. The van der Waals surface area contributed by atoms with E-state index in [2.05, 4.69) is 0 Å². The Kier molecular flexibility index (Phi) is 2.82. The van der Waals surface area contributed by atoms with Gasteiger partial charge in [0.2, 0.25) is 0 Å². The average molecular weight is 199 g/mol. The van der Waals surface area contributed by atoms with Crippen molar-refractivity contribution < 1.29 is 9.84 Å². The molecule has 3 nitrogen and oxygen atoms in total. The zero-order valence-corrected chi connectivity index (χ0v) is 8.80. The summed E-state index contributed by atoms with van der Waals surface area (Å²) in [5.41, 5.74) is 5.23. The van der Waals surface area contributed by atoms with Crippen LogP contribution in [0.1, 0.15) is 38.5 Å². The van der Waals surface area contributed by atoms with Gasteiger partial charge >= 0.3 is 0 Å². The van der Waals surface area contributed by atoms with Crippen molar-refractivity contribution in [3.8, 4) is 0 Å². The smallest absolute Gasteiger partial charge is 0.0717 e. The lowest BCUT2D eigenvalue weighted by Gasteiger charge is -2.45. The molecule has 0 aromatic heterocycles. The molecule has 3 N–H and O–H groups in total. The van der Waals surface area contributed by atoms with Gasteiger partial charge in [0.15, 0.2) is 0 Å². The number of hydrogen-bond acceptors (Lipinski definition) is 3. The molecule has 1 aliphatic heterocycles. The van der Waals surface area contributed by atoms with Crippen molar-refractivity contribution >= 4 is 0 Å². The lowest BCUT2D eigenvalue weighted by molar-refractivity contribution is -0.116. The second kappa shape index (κ2) is 3.80. The zero-order chi connectivity index (χ0) is 10.1. The Labute approximate surface area is 85.6 Å². The van der Waals surface area contributed by atoms with Gasteiger partial charge in [-0.15, -0.1) is 0 Å². The molecule has 82 valence electrons. The Morgan fingerprint density at radius 1 is 1.14 bits per heavy atom. The second-order valence-electron chi connectivity index (χ2n) is 4.82. The quantitative estimate of drug-likeness (QED) is 0.699. The maximum atomic E-state index is 10.6. The first-order valence-corrected chi connectivity index (χ1v) is 5.73. The Bertz CT molecular complexity index is 201. The van der Waals surface area contributed by atoms with Crippen molar-refractivity contribution in [2.45, 2.75) is 44.1 Å². The standard InChI is InChI=1S/C11H21NO2/c12-7-4-11(13)3-1-2-10(11)5-8-14-9-6-10/h13H,1-9,12H2. The van der Waals surface area contributed by atoms with Gasteiger partial charge in [0.1, 0.15) is 0 Å². The maximum absolute atomic E-state index is 10.6. The number of nitrogens with two attached hydrogens (primary N) is 1. The van der Waals surface area contributed by atoms with Gasteiger partial charge in [-0.1, -0.05) is 0 Å². The van der Waals surface area contributed by atoms with Gasteiger partial charge in [0.05, 0.1) is 5.60 Å². The Balaban J connectivity index is 2.14. The van der Waals surface area contributed by atoms with Crippen LogP contribution in [-0.2, 0) is 4.74 Å². The molecule has 14 heavy (non-hydrogen) atoms. The van der Waals surface area contributed by atoms with Crippen molar-refractivity contribution in [1.29, 1.82) is 0 Å². The zero-order valence-electron chi connectivity index (χ0n) is 8.80. The van der Waals surface area contributed by atoms with Crippen LogP contribution in [0.2, 0.25) is 0 Å². The molecule has 1 unspecified atom stereocenters. The summed E-state index contributed by atoms with van der Waals surface area (Å²) in [4.78, 5) is 0. The van der Waals surface area contributed by atoms with E-state index >= 15 is 0 Å². The van der Waals surface area contributed by atoms with Crippen molar-refractivity contribution in [2.24, 2.45) is 11.1 Å². The summed E-state index contributed by atoms with van der Waals surface area (Å²) >= 11 is 0. The molecule has 1 aliphatic carbocycles. The van der Waals surface area contributed by atoms with E-state index in [0.29, 0.717) is 6.54 Å². The fourth-order valence-corrected chi connectivity index (χ4v) is 3.32. The average Bonchev–Trinajstić information content (AvgIpc) is 2.46. The molecule has 1 atom stereocenters. The van der Waals surface area contributed by atoms with Crippen LogP contribution in [0.25, 0.3) is 0 Å². The summed E-state index contributed by atoms with van der Waals surface area (Å²) in [7, 11) is 0. The first-order valence-electron chi connectivity index (χ1n) is 5.73. The van der Waals surface area contributed by atoms with Crippen LogP contribution in [-0.4, -0.2) is 30.5 Å². The molecule has 0 radical (unpaired) electrons. The lowest BCUT2D eigenvalue weighted by atomic mass is 9.67. The van der Waals surface area contributed by atoms with Crippen molar-refractivity contribution in [2.75, 3.05) is 19.8 Å². The van der Waals surface area contributed by atoms with Gasteiger partial charge < -0.3 is 15.6 Å². The van der Waals surface area contributed by atoms with Gasteiger partial charge in [0.25, 0.3) is 0 Å². The molecule has 3 heteroatoms. The second-order valence-corrected chi connectivity index (χ2v) is 4.82. The molecule has 1 spiro atoms. The number of ether oxygens (including phenoxy) is 1. The lowest BCUT2D eigenvalue weighted by Crippen LogP contribution is -2.48. The Morgan fingerprint density at radius 3 is 2.50 bits per heavy atom. The third-order valence-corrected chi connectivity index (χ3v) is 4.24. The fraction of sp³-hybridized carbons (Fsp3) is 1.00.